The van der Waals surface area contributed by atoms with Crippen LogP contribution in [0.2, 0.25) is 0 Å². The Morgan fingerprint density at radius 3 is 2.62 bits per heavy atom. The van der Waals surface area contributed by atoms with Crippen molar-refractivity contribution in [2.24, 2.45) is 11.8 Å². The van der Waals surface area contributed by atoms with E-state index in [0.717, 1.165) is 36.8 Å². The first-order valence-corrected chi connectivity index (χ1v) is 19.9. The van der Waals surface area contributed by atoms with Gasteiger partial charge in [-0.15, -0.1) is 0 Å². The van der Waals surface area contributed by atoms with Gasteiger partial charge in [0.1, 0.15) is 28.8 Å². The standard InChI is InChI=1S/C38H51N7O7S/c1-24(2)23-45-19-14-28(42-45)30-21-32(27-12-13-31(51-6)25(3)33(27)39-30)52-20-15-29-34(46)41-38(35(47)43-53(49,50)37(4)16-17-37)22-26(38)11-9-7-8-10-18-44(5)36(48)40-29/h9,11-14,19,21,24,26,29H,7-8,10,15-18,20,22-23H2,1-6H3,(H,40,48)(H,41,46)(H,43,47)/b11-9-/t26-,29+,38-/m1/s1. The lowest BCUT2D eigenvalue weighted by molar-refractivity contribution is -0.130. The second kappa shape index (κ2) is 15.0. The monoisotopic (exact) mass is 749 g/mol. The number of pyridine rings is 1. The van der Waals surface area contributed by atoms with Gasteiger partial charge in [0.2, 0.25) is 15.9 Å². The number of ether oxygens (including phenoxy) is 2. The zero-order valence-electron chi connectivity index (χ0n) is 31.4. The molecule has 4 amide bonds. The SMILES string of the molecule is COc1ccc2c(OCC[C@@H]3NC(=O)N(C)CCCC/C=C\[C@@H]4C[C@@]4(C(=O)NS(=O)(=O)C4(C)CC4)NC3=O)cc(-c3ccn(CC(C)C)n3)nc2c1C. The Kier molecular flexibility index (Phi) is 10.8. The zero-order chi connectivity index (χ0) is 38.1. The van der Waals surface area contributed by atoms with Crippen LogP contribution < -0.4 is 24.8 Å². The maximum absolute atomic E-state index is 14.1. The van der Waals surface area contributed by atoms with Crippen molar-refractivity contribution in [2.45, 2.75) is 95.5 Å². The van der Waals surface area contributed by atoms with Crippen LogP contribution in [0.5, 0.6) is 11.5 Å². The van der Waals surface area contributed by atoms with Crippen LogP contribution in [0.15, 0.2) is 42.6 Å². The number of allylic oxidation sites excluding steroid dienone is 1. The van der Waals surface area contributed by atoms with Crippen LogP contribution in [0.1, 0.15) is 71.3 Å². The van der Waals surface area contributed by atoms with Gasteiger partial charge in [0.25, 0.3) is 5.91 Å². The minimum atomic E-state index is -3.94. The number of carbonyl (C=O) groups excluding carboxylic acids is 3. The van der Waals surface area contributed by atoms with Crippen LogP contribution in [-0.2, 0) is 26.2 Å². The van der Waals surface area contributed by atoms with Gasteiger partial charge in [-0.1, -0.05) is 26.0 Å². The summed E-state index contributed by atoms with van der Waals surface area (Å²) in [7, 11) is -0.672. The summed E-state index contributed by atoms with van der Waals surface area (Å²) in [5.41, 5.74) is 1.32. The van der Waals surface area contributed by atoms with E-state index in [9.17, 15) is 22.8 Å². The van der Waals surface area contributed by atoms with Crippen molar-refractivity contribution in [1.82, 2.24) is 35.0 Å². The first-order valence-electron chi connectivity index (χ1n) is 18.4. The van der Waals surface area contributed by atoms with E-state index in [1.54, 1.807) is 21.1 Å². The lowest BCUT2D eigenvalue weighted by atomic mass is 10.1. The molecule has 2 fully saturated rings. The molecular weight excluding hydrogens is 699 g/mol. The number of amides is 4. The van der Waals surface area contributed by atoms with Crippen molar-refractivity contribution in [3.05, 3.63) is 48.2 Å². The van der Waals surface area contributed by atoms with Crippen LogP contribution in [0.4, 0.5) is 4.79 Å². The lowest BCUT2D eigenvalue weighted by Gasteiger charge is -2.26. The first kappa shape index (κ1) is 38.1. The van der Waals surface area contributed by atoms with Crippen molar-refractivity contribution in [3.63, 3.8) is 0 Å². The summed E-state index contributed by atoms with van der Waals surface area (Å²) in [5.74, 6) is -0.169. The number of hydrogen-bond acceptors (Lipinski definition) is 9. The third-order valence-corrected chi connectivity index (χ3v) is 12.7. The normalized spacial score (nSPS) is 23.7. The van der Waals surface area contributed by atoms with E-state index in [-0.39, 0.29) is 19.4 Å². The molecule has 1 aliphatic heterocycles. The van der Waals surface area contributed by atoms with Gasteiger partial charge in [-0.25, -0.2) is 18.2 Å². The lowest BCUT2D eigenvalue weighted by Crippen LogP contribution is -2.58. The average molecular weight is 750 g/mol. The largest absolute Gasteiger partial charge is 0.496 e. The second-order valence-electron chi connectivity index (χ2n) is 15.3. The number of methoxy groups -OCH3 is 1. The number of rotatable bonds is 11. The van der Waals surface area contributed by atoms with Crippen molar-refractivity contribution >= 4 is 38.8 Å². The van der Waals surface area contributed by atoms with E-state index in [1.165, 1.54) is 4.90 Å². The fourth-order valence-corrected chi connectivity index (χ4v) is 8.00. The number of fused-ring (bicyclic) bond motifs is 2. The van der Waals surface area contributed by atoms with Gasteiger partial charge in [0.15, 0.2) is 0 Å². The van der Waals surface area contributed by atoms with Gasteiger partial charge in [0.05, 0.1) is 29.7 Å². The highest BCUT2D eigenvalue weighted by Crippen LogP contribution is 2.47. The number of benzene rings is 1. The fraction of sp³-hybridized carbons (Fsp3) is 0.553. The molecule has 3 heterocycles. The molecule has 0 unspecified atom stereocenters. The van der Waals surface area contributed by atoms with E-state index >= 15 is 0 Å². The Labute approximate surface area is 311 Å². The fourth-order valence-electron chi connectivity index (χ4n) is 6.68. The number of urea groups is 1. The van der Waals surface area contributed by atoms with Crippen LogP contribution in [0, 0.1) is 18.8 Å². The van der Waals surface area contributed by atoms with E-state index in [4.69, 9.17) is 19.6 Å². The molecule has 2 aliphatic carbocycles. The third-order valence-electron chi connectivity index (χ3n) is 10.5. The van der Waals surface area contributed by atoms with Gasteiger partial charge >= 0.3 is 6.03 Å². The number of sulfonamides is 1. The molecule has 14 nitrogen and oxygen atoms in total. The van der Waals surface area contributed by atoms with Crippen molar-refractivity contribution in [3.8, 4) is 22.9 Å². The van der Waals surface area contributed by atoms with E-state index in [0.29, 0.717) is 53.7 Å². The van der Waals surface area contributed by atoms with Crippen molar-refractivity contribution in [2.75, 3.05) is 27.3 Å². The summed E-state index contributed by atoms with van der Waals surface area (Å²) in [5, 5.41) is 11.2. The molecule has 286 valence electrons. The van der Waals surface area contributed by atoms with Crippen molar-refractivity contribution in [1.29, 1.82) is 0 Å². The molecule has 3 atom stereocenters. The number of aryl methyl sites for hydroxylation is 1. The molecule has 0 bridgehead atoms. The van der Waals surface area contributed by atoms with Crippen LogP contribution in [0.3, 0.4) is 0 Å². The van der Waals surface area contributed by atoms with Crippen LogP contribution in [0.25, 0.3) is 22.3 Å². The average Bonchev–Trinajstić information content (AvgIpc) is 3.98. The number of nitrogens with zero attached hydrogens (tertiary/aromatic N) is 4. The smallest absolute Gasteiger partial charge is 0.317 e. The van der Waals surface area contributed by atoms with Crippen LogP contribution in [-0.4, -0.2) is 89.6 Å². The predicted molar refractivity (Wildman–Crippen MR) is 201 cm³/mol. The van der Waals surface area contributed by atoms with Crippen molar-refractivity contribution < 1.29 is 32.3 Å². The first-order chi connectivity index (χ1) is 25.2. The van der Waals surface area contributed by atoms with Crippen LogP contribution >= 0.6 is 0 Å². The van der Waals surface area contributed by atoms with Gasteiger partial charge in [-0.05, 0) is 76.5 Å². The highest BCUT2D eigenvalue weighted by Gasteiger charge is 2.62. The third kappa shape index (κ3) is 8.14. The maximum atomic E-state index is 14.1. The zero-order valence-corrected chi connectivity index (χ0v) is 32.2. The molecule has 1 aromatic carbocycles. The molecular formula is C38H51N7O7S. The quantitative estimate of drug-likeness (QED) is 0.239. The predicted octanol–water partition coefficient (Wildman–Crippen LogP) is 4.46. The molecule has 2 aromatic heterocycles. The topological polar surface area (TPSA) is 174 Å². The summed E-state index contributed by atoms with van der Waals surface area (Å²) >= 11 is 0. The number of hydrogen-bond donors (Lipinski definition) is 3. The number of nitrogens with one attached hydrogen (secondary N) is 3. The molecule has 2 saturated carbocycles. The summed E-state index contributed by atoms with van der Waals surface area (Å²) in [6.07, 6.45) is 9.27. The Hall–Kier alpha value is -4.66. The Bertz CT molecular complexity index is 2020. The molecule has 3 N–H and O–H groups in total. The minimum absolute atomic E-state index is 0.0166. The highest BCUT2D eigenvalue weighted by molar-refractivity contribution is 7.91. The van der Waals surface area contributed by atoms with Gasteiger partial charge in [-0.2, -0.15) is 5.10 Å². The molecule has 0 radical (unpaired) electrons. The molecule has 3 aliphatic rings. The maximum Gasteiger partial charge on any atom is 0.317 e. The van der Waals surface area contributed by atoms with Gasteiger partial charge < -0.3 is 25.0 Å². The Balaban J connectivity index is 1.27. The molecule has 53 heavy (non-hydrogen) atoms. The summed E-state index contributed by atoms with van der Waals surface area (Å²) in [6.45, 7) is 9.04. The molecule has 0 saturated heterocycles. The molecule has 0 spiro atoms. The van der Waals surface area contributed by atoms with E-state index in [1.807, 2.05) is 54.2 Å². The Morgan fingerprint density at radius 2 is 1.91 bits per heavy atom. The molecule has 3 aromatic rings. The number of carbonyl (C=O) groups is 3. The summed E-state index contributed by atoms with van der Waals surface area (Å²) in [4.78, 5) is 47.5. The Morgan fingerprint density at radius 1 is 1.13 bits per heavy atom. The molecule has 6 rings (SSSR count). The summed E-state index contributed by atoms with van der Waals surface area (Å²) in [6, 6.07) is 5.90. The minimum Gasteiger partial charge on any atom is -0.496 e. The van der Waals surface area contributed by atoms with Gasteiger partial charge in [-0.3, -0.25) is 19.0 Å². The van der Waals surface area contributed by atoms with Gasteiger partial charge in [0, 0.05) is 55.7 Å². The van der Waals surface area contributed by atoms with E-state index in [2.05, 4.69) is 29.2 Å². The highest BCUT2D eigenvalue weighted by atomic mass is 32.2. The van der Waals surface area contributed by atoms with E-state index < -0.39 is 50.1 Å². The summed E-state index contributed by atoms with van der Waals surface area (Å²) < 4.78 is 41.2. The molecule has 15 heteroatoms. The second-order valence-corrected chi connectivity index (χ2v) is 17.4. The number of aromatic nitrogens is 3.